The summed E-state index contributed by atoms with van der Waals surface area (Å²) < 4.78 is 43.2. The molecule has 0 spiro atoms. The fourth-order valence-corrected chi connectivity index (χ4v) is 4.91. The van der Waals surface area contributed by atoms with Crippen LogP contribution in [0.4, 0.5) is 8.78 Å². The Morgan fingerprint density at radius 1 is 0.761 bits per heavy atom. The number of halogens is 2. The molecular weight excluding hydrogens is 590 g/mol. The predicted octanol–water partition coefficient (Wildman–Crippen LogP) is 6.59. The van der Waals surface area contributed by atoms with Crippen molar-refractivity contribution in [2.24, 2.45) is 0 Å². The second-order valence-corrected chi connectivity index (χ2v) is 10.6. The third kappa shape index (κ3) is 11.6. The van der Waals surface area contributed by atoms with Gasteiger partial charge in [0.25, 0.3) is 5.91 Å². The minimum atomic E-state index is -0.369. The average molecular weight is 635 g/mol. The molecule has 1 fully saturated rings. The van der Waals surface area contributed by atoms with E-state index in [2.05, 4.69) is 10.2 Å². The van der Waals surface area contributed by atoms with E-state index in [0.717, 1.165) is 13.1 Å². The topological polar surface area (TPSA) is 77.1 Å². The first-order chi connectivity index (χ1) is 22.3. The van der Waals surface area contributed by atoms with Crippen molar-refractivity contribution in [3.63, 3.8) is 0 Å². The molecule has 1 saturated carbocycles. The molecule has 46 heavy (non-hydrogen) atoms. The summed E-state index contributed by atoms with van der Waals surface area (Å²) in [5.74, 6) is -0.521. The standard InChI is InChI=1S/C35H38F2N2O5.C2H6/c1-42-18-15-39(16-19-43-2)17-20-44-33-13-7-27(8-14-33)35(41)38-32-23-28(21-25-3-9-30(36)10-4-25)34(40)29(24-32)22-26-5-11-31(37)12-6-26;1-2/h3-14,21-22,32H,15-20,23-24H2,1-2H3,(H,38,41);1-2H3/b28-21+,29-22+;. The van der Waals surface area contributed by atoms with Crippen molar-refractivity contribution in [3.8, 4) is 5.75 Å². The Morgan fingerprint density at radius 2 is 1.22 bits per heavy atom. The maximum Gasteiger partial charge on any atom is 0.251 e. The summed E-state index contributed by atoms with van der Waals surface area (Å²) in [6, 6.07) is 18.3. The van der Waals surface area contributed by atoms with Gasteiger partial charge in [0.15, 0.2) is 5.78 Å². The zero-order valence-electron chi connectivity index (χ0n) is 27.1. The highest BCUT2D eigenvalue weighted by molar-refractivity contribution is 6.14. The predicted molar refractivity (Wildman–Crippen MR) is 178 cm³/mol. The van der Waals surface area contributed by atoms with Crippen LogP contribution in [0.3, 0.4) is 0 Å². The number of hydrogen-bond donors (Lipinski definition) is 1. The van der Waals surface area contributed by atoms with Gasteiger partial charge in [0.2, 0.25) is 0 Å². The van der Waals surface area contributed by atoms with Crippen LogP contribution < -0.4 is 10.1 Å². The summed E-state index contributed by atoms with van der Waals surface area (Å²) in [6.45, 7) is 7.97. The second kappa shape index (κ2) is 19.4. The van der Waals surface area contributed by atoms with Gasteiger partial charge in [0.1, 0.15) is 24.0 Å². The first-order valence-corrected chi connectivity index (χ1v) is 15.6. The van der Waals surface area contributed by atoms with Gasteiger partial charge in [0, 0.05) is 56.6 Å². The fourth-order valence-electron chi connectivity index (χ4n) is 4.91. The van der Waals surface area contributed by atoms with Crippen molar-refractivity contribution in [1.82, 2.24) is 10.2 Å². The summed E-state index contributed by atoms with van der Waals surface area (Å²) in [5, 5.41) is 3.06. The van der Waals surface area contributed by atoms with Gasteiger partial charge in [-0.05, 0) is 84.7 Å². The number of ether oxygens (including phenoxy) is 3. The molecule has 0 radical (unpaired) electrons. The van der Waals surface area contributed by atoms with Crippen LogP contribution in [-0.2, 0) is 14.3 Å². The Hall–Kier alpha value is -4.18. The highest BCUT2D eigenvalue weighted by Gasteiger charge is 2.29. The maximum absolute atomic E-state index is 13.5. The lowest BCUT2D eigenvalue weighted by Gasteiger charge is -2.27. The van der Waals surface area contributed by atoms with E-state index in [1.165, 1.54) is 24.3 Å². The van der Waals surface area contributed by atoms with Crippen molar-refractivity contribution < 1.29 is 32.6 Å². The molecule has 1 amide bonds. The van der Waals surface area contributed by atoms with Gasteiger partial charge in [-0.1, -0.05) is 38.1 Å². The SMILES string of the molecule is CC.COCCN(CCOC)CCOc1ccc(C(=O)NC2C/C(=C\c3ccc(F)cc3)C(=O)/C(=C/c3ccc(F)cc3)C2)cc1. The van der Waals surface area contributed by atoms with Crippen LogP contribution in [0.5, 0.6) is 5.75 Å². The Kier molecular flexibility index (Phi) is 15.3. The van der Waals surface area contributed by atoms with Gasteiger partial charge >= 0.3 is 0 Å². The molecule has 0 saturated heterocycles. The molecule has 0 aromatic heterocycles. The number of benzene rings is 3. The lowest BCUT2D eigenvalue weighted by Crippen LogP contribution is -2.39. The number of carbonyl (C=O) groups is 2. The molecule has 1 aliphatic rings. The molecule has 0 heterocycles. The summed E-state index contributed by atoms with van der Waals surface area (Å²) in [5.41, 5.74) is 2.81. The van der Waals surface area contributed by atoms with E-state index in [4.69, 9.17) is 14.2 Å². The van der Waals surface area contributed by atoms with Crippen LogP contribution in [-0.4, -0.2) is 76.3 Å². The van der Waals surface area contributed by atoms with Gasteiger partial charge in [-0.15, -0.1) is 0 Å². The van der Waals surface area contributed by atoms with E-state index in [9.17, 15) is 18.4 Å². The van der Waals surface area contributed by atoms with Crippen LogP contribution >= 0.6 is 0 Å². The van der Waals surface area contributed by atoms with Crippen LogP contribution in [0.15, 0.2) is 83.9 Å². The van der Waals surface area contributed by atoms with E-state index in [1.54, 1.807) is 74.9 Å². The van der Waals surface area contributed by atoms with Crippen molar-refractivity contribution in [1.29, 1.82) is 0 Å². The zero-order valence-corrected chi connectivity index (χ0v) is 27.1. The monoisotopic (exact) mass is 634 g/mol. The lowest BCUT2D eigenvalue weighted by atomic mass is 9.83. The largest absolute Gasteiger partial charge is 0.492 e. The van der Waals surface area contributed by atoms with Gasteiger partial charge in [0.05, 0.1) is 13.2 Å². The maximum atomic E-state index is 13.5. The summed E-state index contributed by atoms with van der Waals surface area (Å²) in [7, 11) is 3.34. The minimum absolute atomic E-state index is 0.159. The number of Topliss-reactive ketones (excluding diaryl/α,β-unsaturated/α-hetero) is 1. The number of hydrogen-bond acceptors (Lipinski definition) is 6. The fraction of sp³-hybridized carbons (Fsp3) is 0.351. The Morgan fingerprint density at radius 3 is 1.67 bits per heavy atom. The molecule has 1 N–H and O–H groups in total. The first-order valence-electron chi connectivity index (χ1n) is 15.6. The second-order valence-electron chi connectivity index (χ2n) is 10.6. The van der Waals surface area contributed by atoms with E-state index < -0.39 is 0 Å². The normalized spacial score (nSPS) is 16.3. The minimum Gasteiger partial charge on any atom is -0.492 e. The van der Waals surface area contributed by atoms with E-state index in [-0.39, 0.29) is 29.4 Å². The lowest BCUT2D eigenvalue weighted by molar-refractivity contribution is -0.113. The molecule has 0 unspecified atom stereocenters. The van der Waals surface area contributed by atoms with Crippen LogP contribution in [0, 0.1) is 11.6 Å². The molecule has 1 aliphatic carbocycles. The number of nitrogens with zero attached hydrogens (tertiary/aromatic N) is 1. The number of amides is 1. The van der Waals surface area contributed by atoms with Crippen molar-refractivity contribution in [2.75, 3.05) is 53.7 Å². The van der Waals surface area contributed by atoms with E-state index >= 15 is 0 Å². The first kappa shape index (κ1) is 36.3. The van der Waals surface area contributed by atoms with Crippen LogP contribution in [0.25, 0.3) is 12.2 Å². The molecule has 0 aliphatic heterocycles. The van der Waals surface area contributed by atoms with E-state index in [1.807, 2.05) is 13.8 Å². The van der Waals surface area contributed by atoms with Crippen molar-refractivity contribution in [3.05, 3.63) is 112 Å². The number of methoxy groups -OCH3 is 2. The number of carbonyl (C=O) groups excluding carboxylic acids is 2. The Bertz CT molecular complexity index is 1360. The summed E-state index contributed by atoms with van der Waals surface area (Å²) in [6.07, 6.45) is 4.06. The van der Waals surface area contributed by atoms with Crippen LogP contribution in [0.2, 0.25) is 0 Å². The average Bonchev–Trinajstić information content (AvgIpc) is 3.07. The third-order valence-corrected chi connectivity index (χ3v) is 7.29. The molecule has 3 aromatic rings. The zero-order chi connectivity index (χ0) is 33.3. The molecule has 7 nitrogen and oxygen atoms in total. The molecule has 3 aromatic carbocycles. The highest BCUT2D eigenvalue weighted by atomic mass is 19.1. The molecule has 246 valence electrons. The van der Waals surface area contributed by atoms with Gasteiger partial charge in [-0.3, -0.25) is 14.5 Å². The smallest absolute Gasteiger partial charge is 0.251 e. The van der Waals surface area contributed by atoms with Crippen molar-refractivity contribution >= 4 is 23.8 Å². The van der Waals surface area contributed by atoms with Crippen LogP contribution in [0.1, 0.15) is 48.2 Å². The quantitative estimate of drug-likeness (QED) is 0.202. The molecule has 0 atom stereocenters. The molecule has 9 heteroatoms. The molecule has 4 rings (SSSR count). The van der Waals surface area contributed by atoms with Gasteiger partial charge < -0.3 is 19.5 Å². The highest BCUT2D eigenvalue weighted by Crippen LogP contribution is 2.29. The number of nitrogens with one attached hydrogen (secondary N) is 1. The summed E-state index contributed by atoms with van der Waals surface area (Å²) >= 11 is 0. The Labute approximate surface area is 270 Å². The third-order valence-electron chi connectivity index (χ3n) is 7.29. The molecule has 0 bridgehead atoms. The number of ketones is 1. The summed E-state index contributed by atoms with van der Waals surface area (Å²) in [4.78, 5) is 28.8. The van der Waals surface area contributed by atoms with Gasteiger partial charge in [-0.25, -0.2) is 8.78 Å². The van der Waals surface area contributed by atoms with E-state index in [0.29, 0.717) is 72.8 Å². The van der Waals surface area contributed by atoms with Gasteiger partial charge in [-0.2, -0.15) is 0 Å². The molecular formula is C37H44F2N2O5. The van der Waals surface area contributed by atoms with Crippen molar-refractivity contribution in [2.45, 2.75) is 32.7 Å². The Balaban J connectivity index is 0.00000282. The number of rotatable bonds is 14.